The molecule has 1 aliphatic heterocycles. The highest BCUT2D eigenvalue weighted by Crippen LogP contribution is 2.38. The maximum absolute atomic E-state index is 6.53. The Balaban J connectivity index is 1.86. The third-order valence-corrected chi connectivity index (χ3v) is 9.15. The molecule has 124 valence electrons. The standard InChI is InChI=1S/C18H30O3Si/c1-18(2,3)22(4,5)21-17(11-16-14-20-16)13-19-12-15-9-7-6-8-10-15/h6-10,16-17H,11-14H2,1-5H3/t16-,17+/m0/s1. The van der Waals surface area contributed by atoms with Crippen LogP contribution in [0.2, 0.25) is 18.1 Å². The summed E-state index contributed by atoms with van der Waals surface area (Å²) in [5, 5.41) is 0.217. The van der Waals surface area contributed by atoms with Crippen molar-refractivity contribution in [2.75, 3.05) is 13.2 Å². The smallest absolute Gasteiger partial charge is 0.192 e. The van der Waals surface area contributed by atoms with Gasteiger partial charge in [-0.25, -0.2) is 0 Å². The molecule has 0 saturated carbocycles. The minimum absolute atomic E-state index is 0.136. The first kappa shape index (κ1) is 17.7. The molecule has 2 rings (SSSR count). The van der Waals surface area contributed by atoms with Crippen molar-refractivity contribution in [3.63, 3.8) is 0 Å². The first-order chi connectivity index (χ1) is 10.3. The fourth-order valence-corrected chi connectivity index (χ4v) is 3.47. The predicted octanol–water partition coefficient (Wildman–Crippen LogP) is 4.38. The number of ether oxygens (including phenoxy) is 2. The van der Waals surface area contributed by atoms with Crippen LogP contribution in [0.5, 0.6) is 0 Å². The summed E-state index contributed by atoms with van der Waals surface area (Å²) in [4.78, 5) is 0. The number of benzene rings is 1. The molecule has 0 radical (unpaired) electrons. The van der Waals surface area contributed by atoms with E-state index in [4.69, 9.17) is 13.9 Å². The summed E-state index contributed by atoms with van der Waals surface area (Å²) in [6.45, 7) is 13.6. The maximum atomic E-state index is 6.53. The lowest BCUT2D eigenvalue weighted by molar-refractivity contribution is 0.0272. The lowest BCUT2D eigenvalue weighted by Crippen LogP contribution is -2.45. The molecule has 0 aromatic heterocycles. The van der Waals surface area contributed by atoms with Crippen LogP contribution in [-0.4, -0.2) is 33.7 Å². The molecule has 0 spiro atoms. The summed E-state index contributed by atoms with van der Waals surface area (Å²) < 4.78 is 17.8. The minimum Gasteiger partial charge on any atom is -0.411 e. The molecular weight excluding hydrogens is 292 g/mol. The van der Waals surface area contributed by atoms with E-state index in [9.17, 15) is 0 Å². The molecule has 22 heavy (non-hydrogen) atoms. The van der Waals surface area contributed by atoms with E-state index < -0.39 is 8.32 Å². The van der Waals surface area contributed by atoms with Crippen LogP contribution in [0.15, 0.2) is 30.3 Å². The zero-order valence-corrected chi connectivity index (χ0v) is 15.6. The minimum atomic E-state index is -1.77. The predicted molar refractivity (Wildman–Crippen MR) is 92.5 cm³/mol. The number of epoxide rings is 1. The van der Waals surface area contributed by atoms with Crippen LogP contribution >= 0.6 is 0 Å². The van der Waals surface area contributed by atoms with Crippen molar-refractivity contribution in [3.05, 3.63) is 35.9 Å². The molecule has 0 bridgehead atoms. The van der Waals surface area contributed by atoms with Gasteiger partial charge in [0, 0.05) is 6.42 Å². The third-order valence-electron chi connectivity index (χ3n) is 4.61. The van der Waals surface area contributed by atoms with E-state index in [0.29, 0.717) is 19.3 Å². The van der Waals surface area contributed by atoms with Crippen LogP contribution in [0, 0.1) is 0 Å². The number of rotatable bonds is 8. The normalized spacial score (nSPS) is 20.0. The van der Waals surface area contributed by atoms with Crippen molar-refractivity contribution in [3.8, 4) is 0 Å². The lowest BCUT2D eigenvalue weighted by Gasteiger charge is -2.39. The summed E-state index contributed by atoms with van der Waals surface area (Å²) in [5.74, 6) is 0. The van der Waals surface area contributed by atoms with Gasteiger partial charge < -0.3 is 13.9 Å². The van der Waals surface area contributed by atoms with Gasteiger partial charge in [0.25, 0.3) is 0 Å². The molecular formula is C18H30O3Si. The van der Waals surface area contributed by atoms with E-state index in [2.05, 4.69) is 46.0 Å². The van der Waals surface area contributed by atoms with Gasteiger partial charge >= 0.3 is 0 Å². The van der Waals surface area contributed by atoms with Crippen molar-refractivity contribution in [1.29, 1.82) is 0 Å². The highest BCUT2D eigenvalue weighted by molar-refractivity contribution is 6.74. The molecule has 1 heterocycles. The van der Waals surface area contributed by atoms with Gasteiger partial charge in [-0.1, -0.05) is 51.1 Å². The second-order valence-electron chi connectivity index (χ2n) is 7.69. The van der Waals surface area contributed by atoms with Gasteiger partial charge in [-0.15, -0.1) is 0 Å². The van der Waals surface area contributed by atoms with Gasteiger partial charge in [0.1, 0.15) is 0 Å². The fourth-order valence-electron chi connectivity index (χ4n) is 2.12. The van der Waals surface area contributed by atoms with Crippen molar-refractivity contribution >= 4 is 8.32 Å². The first-order valence-electron chi connectivity index (χ1n) is 8.19. The largest absolute Gasteiger partial charge is 0.411 e. The summed E-state index contributed by atoms with van der Waals surface area (Å²) in [5.41, 5.74) is 1.20. The van der Waals surface area contributed by atoms with Gasteiger partial charge in [0.15, 0.2) is 8.32 Å². The Labute approximate surface area is 136 Å². The van der Waals surface area contributed by atoms with Crippen molar-refractivity contribution in [2.45, 2.75) is 64.1 Å². The van der Waals surface area contributed by atoms with Crippen LogP contribution in [0.25, 0.3) is 0 Å². The highest BCUT2D eigenvalue weighted by Gasteiger charge is 2.40. The van der Waals surface area contributed by atoms with E-state index in [0.717, 1.165) is 13.0 Å². The van der Waals surface area contributed by atoms with E-state index in [1.54, 1.807) is 0 Å². The summed E-state index contributed by atoms with van der Waals surface area (Å²) in [6, 6.07) is 10.3. The van der Waals surface area contributed by atoms with Crippen LogP contribution < -0.4 is 0 Å². The molecule has 1 aliphatic rings. The average molecular weight is 323 g/mol. The number of hydrogen-bond donors (Lipinski definition) is 0. The lowest BCUT2D eigenvalue weighted by atomic mass is 10.2. The van der Waals surface area contributed by atoms with Gasteiger partial charge in [-0.05, 0) is 23.7 Å². The molecule has 1 aromatic carbocycles. The summed E-state index contributed by atoms with van der Waals surface area (Å²) >= 11 is 0. The van der Waals surface area contributed by atoms with Crippen LogP contribution in [0.3, 0.4) is 0 Å². The Bertz CT molecular complexity index is 449. The molecule has 1 saturated heterocycles. The molecule has 4 heteroatoms. The SMILES string of the molecule is CC(C)(C)[Si](C)(C)O[C@@H](COCc1ccccc1)C[C@H]1CO1. The van der Waals surface area contributed by atoms with Crippen molar-refractivity contribution in [1.82, 2.24) is 0 Å². The quantitative estimate of drug-likeness (QED) is 0.525. The Hall–Kier alpha value is -0.683. The van der Waals surface area contributed by atoms with E-state index in [1.165, 1.54) is 5.56 Å². The molecule has 2 atom stereocenters. The Morgan fingerprint density at radius 3 is 2.41 bits per heavy atom. The second-order valence-corrected chi connectivity index (χ2v) is 12.4. The maximum Gasteiger partial charge on any atom is 0.192 e. The van der Waals surface area contributed by atoms with Gasteiger partial charge in [-0.2, -0.15) is 0 Å². The van der Waals surface area contributed by atoms with E-state index >= 15 is 0 Å². The highest BCUT2D eigenvalue weighted by atomic mass is 28.4. The van der Waals surface area contributed by atoms with Gasteiger partial charge in [-0.3, -0.25) is 0 Å². The molecule has 3 nitrogen and oxygen atoms in total. The Morgan fingerprint density at radius 2 is 1.86 bits per heavy atom. The first-order valence-corrected chi connectivity index (χ1v) is 11.1. The van der Waals surface area contributed by atoms with Crippen LogP contribution in [-0.2, 0) is 20.5 Å². The molecule has 0 aliphatic carbocycles. The Kier molecular flexibility index (Phi) is 5.83. The summed E-state index contributed by atoms with van der Waals surface area (Å²) in [7, 11) is -1.77. The van der Waals surface area contributed by atoms with Crippen LogP contribution in [0.1, 0.15) is 32.8 Å². The molecule has 0 amide bonds. The summed E-state index contributed by atoms with van der Waals surface area (Å²) in [6.07, 6.45) is 1.45. The monoisotopic (exact) mass is 322 g/mol. The second kappa shape index (κ2) is 7.26. The topological polar surface area (TPSA) is 31.0 Å². The number of hydrogen-bond acceptors (Lipinski definition) is 3. The molecule has 1 aromatic rings. The van der Waals surface area contributed by atoms with E-state index in [-0.39, 0.29) is 11.1 Å². The molecule has 0 unspecified atom stereocenters. The van der Waals surface area contributed by atoms with Crippen LogP contribution in [0.4, 0.5) is 0 Å². The van der Waals surface area contributed by atoms with Gasteiger partial charge in [0.05, 0.1) is 32.0 Å². The van der Waals surface area contributed by atoms with Crippen molar-refractivity contribution in [2.24, 2.45) is 0 Å². The zero-order chi connectivity index (χ0) is 16.2. The van der Waals surface area contributed by atoms with Crippen molar-refractivity contribution < 1.29 is 13.9 Å². The average Bonchev–Trinajstić information content (AvgIpc) is 3.22. The molecule has 0 N–H and O–H groups in total. The van der Waals surface area contributed by atoms with E-state index in [1.807, 2.05) is 18.2 Å². The molecule has 1 fully saturated rings. The zero-order valence-electron chi connectivity index (χ0n) is 14.6. The van der Waals surface area contributed by atoms with Gasteiger partial charge in [0.2, 0.25) is 0 Å². The third kappa shape index (κ3) is 5.50. The Morgan fingerprint density at radius 1 is 1.23 bits per heavy atom. The fraction of sp³-hybridized carbons (Fsp3) is 0.667.